The standard InChI is InChI=1S/C26H23N5O3S/c1-34-20-11-7-10-19(16-20)30-24(33)21-12-5-6-13-22(21)31-25(30)28-29-26(31)35-17-23(32)27-15-14-18-8-3-2-4-9-18/h2-13,16H,14-15,17H2,1H3,(H,27,32). The van der Waals surface area contributed by atoms with E-state index in [0.717, 1.165) is 6.42 Å². The molecule has 0 saturated carbocycles. The molecule has 2 aromatic heterocycles. The maximum absolute atomic E-state index is 13.4. The molecule has 0 spiro atoms. The van der Waals surface area contributed by atoms with Gasteiger partial charge in [0.25, 0.3) is 5.56 Å². The third kappa shape index (κ3) is 4.63. The van der Waals surface area contributed by atoms with Crippen molar-refractivity contribution in [2.45, 2.75) is 11.6 Å². The Kier molecular flexibility index (Phi) is 6.49. The van der Waals surface area contributed by atoms with E-state index in [2.05, 4.69) is 15.5 Å². The molecule has 0 fully saturated rings. The summed E-state index contributed by atoms with van der Waals surface area (Å²) in [5.74, 6) is 1.09. The summed E-state index contributed by atoms with van der Waals surface area (Å²) in [7, 11) is 1.58. The van der Waals surface area contributed by atoms with Gasteiger partial charge >= 0.3 is 0 Å². The quantitative estimate of drug-likeness (QED) is 0.339. The lowest BCUT2D eigenvalue weighted by molar-refractivity contribution is -0.118. The second-order valence-electron chi connectivity index (χ2n) is 7.85. The predicted octanol–water partition coefficient (Wildman–Crippen LogP) is 3.49. The molecule has 176 valence electrons. The van der Waals surface area contributed by atoms with Crippen molar-refractivity contribution in [1.29, 1.82) is 0 Å². The minimum Gasteiger partial charge on any atom is -0.497 e. The molecular formula is C26H23N5O3S. The van der Waals surface area contributed by atoms with Crippen LogP contribution in [0.3, 0.4) is 0 Å². The van der Waals surface area contributed by atoms with Crippen molar-refractivity contribution in [3.8, 4) is 11.4 Å². The number of fused-ring (bicyclic) bond motifs is 3. The molecule has 0 unspecified atom stereocenters. The van der Waals surface area contributed by atoms with Gasteiger partial charge < -0.3 is 10.1 Å². The van der Waals surface area contributed by atoms with E-state index in [0.29, 0.717) is 39.8 Å². The molecule has 0 radical (unpaired) electrons. The van der Waals surface area contributed by atoms with E-state index in [4.69, 9.17) is 4.74 Å². The fourth-order valence-electron chi connectivity index (χ4n) is 3.93. The van der Waals surface area contributed by atoms with Crippen LogP contribution in [0.1, 0.15) is 5.56 Å². The number of nitrogens with one attached hydrogen (secondary N) is 1. The molecule has 0 aliphatic carbocycles. The van der Waals surface area contributed by atoms with Crippen molar-refractivity contribution in [3.05, 3.63) is 94.8 Å². The number of benzene rings is 3. The van der Waals surface area contributed by atoms with Crippen molar-refractivity contribution < 1.29 is 9.53 Å². The minimum absolute atomic E-state index is 0.0897. The van der Waals surface area contributed by atoms with Gasteiger partial charge in [0.2, 0.25) is 11.7 Å². The van der Waals surface area contributed by atoms with Crippen LogP contribution in [-0.2, 0) is 11.2 Å². The SMILES string of the molecule is COc1cccc(-n2c(=O)c3ccccc3n3c(SCC(=O)NCCc4ccccc4)nnc23)c1. The van der Waals surface area contributed by atoms with Crippen molar-refractivity contribution in [3.63, 3.8) is 0 Å². The van der Waals surface area contributed by atoms with Gasteiger partial charge in [0, 0.05) is 12.6 Å². The van der Waals surface area contributed by atoms with Gasteiger partial charge in [0.05, 0.1) is 29.5 Å². The zero-order valence-corrected chi connectivity index (χ0v) is 19.9. The van der Waals surface area contributed by atoms with Crippen molar-refractivity contribution in [2.75, 3.05) is 19.4 Å². The smallest absolute Gasteiger partial charge is 0.267 e. The zero-order valence-electron chi connectivity index (χ0n) is 19.0. The van der Waals surface area contributed by atoms with E-state index >= 15 is 0 Å². The summed E-state index contributed by atoms with van der Waals surface area (Å²) in [6, 6.07) is 24.6. The molecule has 0 saturated heterocycles. The maximum Gasteiger partial charge on any atom is 0.267 e. The van der Waals surface area contributed by atoms with Crippen LogP contribution in [0.4, 0.5) is 0 Å². The third-order valence-electron chi connectivity index (χ3n) is 5.62. The molecule has 2 heterocycles. The second-order valence-corrected chi connectivity index (χ2v) is 8.79. The number of carbonyl (C=O) groups excluding carboxylic acids is 1. The topological polar surface area (TPSA) is 90.5 Å². The molecule has 0 atom stereocenters. The Morgan fingerprint density at radius 3 is 2.63 bits per heavy atom. The highest BCUT2D eigenvalue weighted by Gasteiger charge is 2.18. The van der Waals surface area contributed by atoms with E-state index in [1.165, 1.54) is 21.9 Å². The molecule has 1 amide bonds. The Hall–Kier alpha value is -4.11. The van der Waals surface area contributed by atoms with Gasteiger partial charge in [-0.25, -0.2) is 4.57 Å². The van der Waals surface area contributed by atoms with Crippen molar-refractivity contribution >= 4 is 34.3 Å². The summed E-state index contributed by atoms with van der Waals surface area (Å²) in [5, 5.41) is 12.7. The van der Waals surface area contributed by atoms with Gasteiger partial charge in [-0.05, 0) is 36.2 Å². The molecule has 5 aromatic rings. The van der Waals surface area contributed by atoms with Gasteiger partial charge in [-0.1, -0.05) is 60.3 Å². The molecule has 0 bridgehead atoms. The number of hydrogen-bond donors (Lipinski definition) is 1. The van der Waals surface area contributed by atoms with Gasteiger partial charge in [0.15, 0.2) is 5.16 Å². The van der Waals surface area contributed by atoms with Gasteiger partial charge in [-0.3, -0.25) is 14.0 Å². The lowest BCUT2D eigenvalue weighted by atomic mass is 10.1. The number of ether oxygens (including phenoxy) is 1. The summed E-state index contributed by atoms with van der Waals surface area (Å²) >= 11 is 1.28. The summed E-state index contributed by atoms with van der Waals surface area (Å²) < 4.78 is 8.67. The van der Waals surface area contributed by atoms with E-state index in [1.807, 2.05) is 71.1 Å². The van der Waals surface area contributed by atoms with Crippen LogP contribution >= 0.6 is 11.8 Å². The molecule has 35 heavy (non-hydrogen) atoms. The van der Waals surface area contributed by atoms with Crippen LogP contribution < -0.4 is 15.6 Å². The second kappa shape index (κ2) is 10.0. The molecule has 3 aromatic carbocycles. The molecule has 9 heteroatoms. The van der Waals surface area contributed by atoms with E-state index in [-0.39, 0.29) is 17.2 Å². The number of amides is 1. The highest BCUT2D eigenvalue weighted by Crippen LogP contribution is 2.24. The summed E-state index contributed by atoms with van der Waals surface area (Å²) in [4.78, 5) is 25.9. The lowest BCUT2D eigenvalue weighted by Crippen LogP contribution is -2.27. The van der Waals surface area contributed by atoms with Crippen LogP contribution in [-0.4, -0.2) is 44.5 Å². The number of aromatic nitrogens is 4. The average Bonchev–Trinajstić information content (AvgIpc) is 3.32. The Morgan fingerprint density at radius 1 is 1.00 bits per heavy atom. The Balaban J connectivity index is 1.44. The third-order valence-corrected chi connectivity index (χ3v) is 6.55. The first kappa shape index (κ1) is 22.7. The van der Waals surface area contributed by atoms with E-state index in [9.17, 15) is 9.59 Å². The highest BCUT2D eigenvalue weighted by molar-refractivity contribution is 7.99. The normalized spacial score (nSPS) is 11.1. The van der Waals surface area contributed by atoms with Crippen LogP contribution in [0.5, 0.6) is 5.75 Å². The molecule has 0 aliphatic heterocycles. The monoisotopic (exact) mass is 485 g/mol. The van der Waals surface area contributed by atoms with E-state index < -0.39 is 0 Å². The number of hydrogen-bond acceptors (Lipinski definition) is 6. The van der Waals surface area contributed by atoms with Crippen molar-refractivity contribution in [1.82, 2.24) is 24.5 Å². The molecular weight excluding hydrogens is 462 g/mol. The number of rotatable bonds is 8. The van der Waals surface area contributed by atoms with Gasteiger partial charge in [-0.15, -0.1) is 10.2 Å². The number of methoxy groups -OCH3 is 1. The predicted molar refractivity (Wildman–Crippen MR) is 137 cm³/mol. The molecule has 0 aliphatic rings. The van der Waals surface area contributed by atoms with Crippen LogP contribution in [0, 0.1) is 0 Å². The van der Waals surface area contributed by atoms with Crippen molar-refractivity contribution in [2.24, 2.45) is 0 Å². The number of nitrogens with zero attached hydrogens (tertiary/aromatic N) is 4. The summed E-state index contributed by atoms with van der Waals surface area (Å²) in [6.45, 7) is 0.558. The first-order chi connectivity index (χ1) is 17.2. The van der Waals surface area contributed by atoms with Crippen LogP contribution in [0.15, 0.2) is 88.8 Å². The largest absolute Gasteiger partial charge is 0.497 e. The van der Waals surface area contributed by atoms with Gasteiger partial charge in [-0.2, -0.15) is 0 Å². The fraction of sp³-hybridized carbons (Fsp3) is 0.154. The summed E-state index contributed by atoms with van der Waals surface area (Å²) in [6.07, 6.45) is 0.766. The maximum atomic E-state index is 13.4. The van der Waals surface area contributed by atoms with Gasteiger partial charge in [0.1, 0.15) is 5.75 Å². The lowest BCUT2D eigenvalue weighted by Gasteiger charge is -2.12. The summed E-state index contributed by atoms with van der Waals surface area (Å²) in [5.41, 5.74) is 2.27. The highest BCUT2D eigenvalue weighted by atomic mass is 32.2. The Labute approximate surface area is 205 Å². The Bertz CT molecular complexity index is 1560. The number of para-hydroxylation sites is 1. The van der Waals surface area contributed by atoms with E-state index in [1.54, 1.807) is 19.2 Å². The first-order valence-electron chi connectivity index (χ1n) is 11.1. The Morgan fingerprint density at radius 2 is 1.80 bits per heavy atom. The number of carbonyl (C=O) groups is 1. The average molecular weight is 486 g/mol. The zero-order chi connectivity index (χ0) is 24.2. The molecule has 5 rings (SSSR count). The molecule has 8 nitrogen and oxygen atoms in total. The van der Waals surface area contributed by atoms with Crippen LogP contribution in [0.2, 0.25) is 0 Å². The fourth-order valence-corrected chi connectivity index (χ4v) is 4.70. The first-order valence-corrected chi connectivity index (χ1v) is 12.1. The number of thioether (sulfide) groups is 1. The minimum atomic E-state index is -0.205. The molecule has 1 N–H and O–H groups in total. The van der Waals surface area contributed by atoms with Crippen LogP contribution in [0.25, 0.3) is 22.4 Å².